The maximum Gasteiger partial charge on any atom is 0.129 e. The van der Waals surface area contributed by atoms with Crippen LogP contribution in [0.5, 0.6) is 0 Å². The minimum absolute atomic E-state index is 0.169. The Balaban J connectivity index is 2.50. The molecule has 1 rings (SSSR count). The number of nitrogens with zero attached hydrogens (tertiary/aromatic N) is 2. The molecule has 1 heterocycles. The Bertz CT molecular complexity index is 315. The van der Waals surface area contributed by atoms with Gasteiger partial charge in [0.1, 0.15) is 12.1 Å². The summed E-state index contributed by atoms with van der Waals surface area (Å²) in [6.45, 7) is 7.13. The molecule has 0 aliphatic heterocycles. The van der Waals surface area contributed by atoms with Gasteiger partial charge < -0.3 is 5.32 Å². The van der Waals surface area contributed by atoms with Crippen molar-refractivity contribution < 1.29 is 0 Å². The maximum absolute atomic E-state index is 6.13. The fourth-order valence-electron chi connectivity index (χ4n) is 1.42. The lowest BCUT2D eigenvalue weighted by Crippen LogP contribution is -2.15. The topological polar surface area (TPSA) is 37.8 Å². The molecule has 1 aromatic rings. The highest BCUT2D eigenvalue weighted by Crippen LogP contribution is 2.14. The van der Waals surface area contributed by atoms with Gasteiger partial charge in [-0.05, 0) is 12.3 Å². The molecule has 0 aliphatic rings. The number of anilines is 1. The second-order valence-corrected chi connectivity index (χ2v) is 4.87. The first-order chi connectivity index (χ1) is 7.63. The van der Waals surface area contributed by atoms with E-state index in [1.54, 1.807) is 6.33 Å². The quantitative estimate of drug-likeness (QED) is 0.776. The molecule has 4 heteroatoms. The van der Waals surface area contributed by atoms with Crippen LogP contribution in [0.1, 0.15) is 45.2 Å². The fraction of sp³-hybridized carbons (Fsp3) is 0.667. The van der Waals surface area contributed by atoms with Crippen LogP contribution >= 0.6 is 11.6 Å². The van der Waals surface area contributed by atoms with Crippen molar-refractivity contribution in [2.75, 3.05) is 11.9 Å². The lowest BCUT2D eigenvalue weighted by atomic mass is 10.1. The van der Waals surface area contributed by atoms with Crippen LogP contribution in [-0.4, -0.2) is 21.9 Å². The second kappa shape index (κ2) is 6.69. The number of halogens is 1. The minimum atomic E-state index is 0.169. The zero-order valence-electron chi connectivity index (χ0n) is 10.2. The van der Waals surface area contributed by atoms with Crippen LogP contribution in [0.25, 0.3) is 0 Å². The van der Waals surface area contributed by atoms with E-state index in [1.165, 1.54) is 0 Å². The van der Waals surface area contributed by atoms with Crippen molar-refractivity contribution in [3.63, 3.8) is 0 Å². The molecule has 1 unspecified atom stereocenters. The van der Waals surface area contributed by atoms with E-state index < -0.39 is 0 Å². The molecule has 0 fully saturated rings. The Hall–Kier alpha value is -0.830. The van der Waals surface area contributed by atoms with Crippen molar-refractivity contribution in [3.05, 3.63) is 18.1 Å². The predicted octanol–water partition coefficient (Wildman–Crippen LogP) is 3.42. The van der Waals surface area contributed by atoms with Crippen LogP contribution in [0, 0.1) is 0 Å². The Morgan fingerprint density at radius 1 is 1.38 bits per heavy atom. The third kappa shape index (κ3) is 4.35. The Labute approximate surface area is 103 Å². The van der Waals surface area contributed by atoms with Crippen molar-refractivity contribution in [2.45, 2.75) is 44.9 Å². The molecule has 0 saturated heterocycles. The summed E-state index contributed by atoms with van der Waals surface area (Å²) in [4.78, 5) is 8.39. The lowest BCUT2D eigenvalue weighted by Gasteiger charge is -2.11. The SMILES string of the molecule is CCCC(Cl)CNc1cc(C(C)C)ncn1. The van der Waals surface area contributed by atoms with Gasteiger partial charge in [0, 0.05) is 18.3 Å². The number of hydrogen-bond donors (Lipinski definition) is 1. The van der Waals surface area contributed by atoms with Gasteiger partial charge in [-0.25, -0.2) is 9.97 Å². The van der Waals surface area contributed by atoms with Gasteiger partial charge in [0.2, 0.25) is 0 Å². The molecule has 0 radical (unpaired) electrons. The van der Waals surface area contributed by atoms with Crippen LogP contribution in [0.3, 0.4) is 0 Å². The van der Waals surface area contributed by atoms with E-state index in [2.05, 4.69) is 36.1 Å². The summed E-state index contributed by atoms with van der Waals surface area (Å²) in [7, 11) is 0. The molecule has 0 saturated carbocycles. The molecule has 0 spiro atoms. The normalized spacial score (nSPS) is 12.8. The van der Waals surface area contributed by atoms with Crippen LogP contribution in [0.2, 0.25) is 0 Å². The first kappa shape index (κ1) is 13.2. The summed E-state index contributed by atoms with van der Waals surface area (Å²) in [6, 6.07) is 1.99. The number of alkyl halides is 1. The van der Waals surface area contributed by atoms with E-state index in [0.29, 0.717) is 5.92 Å². The van der Waals surface area contributed by atoms with Gasteiger partial charge in [-0.3, -0.25) is 0 Å². The Kier molecular flexibility index (Phi) is 5.53. The summed E-state index contributed by atoms with van der Waals surface area (Å²) in [5.41, 5.74) is 1.05. The largest absolute Gasteiger partial charge is 0.368 e. The number of rotatable bonds is 6. The van der Waals surface area contributed by atoms with Crippen molar-refractivity contribution in [2.24, 2.45) is 0 Å². The molecule has 3 nitrogen and oxygen atoms in total. The highest BCUT2D eigenvalue weighted by molar-refractivity contribution is 6.20. The molecule has 1 atom stereocenters. The summed E-state index contributed by atoms with van der Waals surface area (Å²) in [5, 5.41) is 3.41. The molecule has 0 amide bonds. The van der Waals surface area contributed by atoms with Gasteiger partial charge in [-0.1, -0.05) is 27.2 Å². The van der Waals surface area contributed by atoms with Crippen molar-refractivity contribution >= 4 is 17.4 Å². The summed E-state index contributed by atoms with van der Waals surface area (Å²) < 4.78 is 0. The number of hydrogen-bond acceptors (Lipinski definition) is 3. The molecule has 0 aliphatic carbocycles. The van der Waals surface area contributed by atoms with Gasteiger partial charge in [-0.2, -0.15) is 0 Å². The van der Waals surface area contributed by atoms with E-state index >= 15 is 0 Å². The standard InChI is InChI=1S/C12H20ClN3/c1-4-5-10(13)7-14-12-6-11(9(2)3)15-8-16-12/h6,8-10H,4-5,7H2,1-3H3,(H,14,15,16). The highest BCUT2D eigenvalue weighted by Gasteiger charge is 2.05. The third-order valence-electron chi connectivity index (χ3n) is 2.39. The van der Waals surface area contributed by atoms with E-state index in [4.69, 9.17) is 11.6 Å². The van der Waals surface area contributed by atoms with Gasteiger partial charge in [0.15, 0.2) is 0 Å². The Morgan fingerprint density at radius 2 is 2.12 bits per heavy atom. The average Bonchev–Trinajstić information content (AvgIpc) is 2.27. The molecule has 1 N–H and O–H groups in total. The zero-order chi connectivity index (χ0) is 12.0. The van der Waals surface area contributed by atoms with Crippen LogP contribution in [0.15, 0.2) is 12.4 Å². The Morgan fingerprint density at radius 3 is 2.75 bits per heavy atom. The van der Waals surface area contributed by atoms with Gasteiger partial charge in [0.05, 0.1) is 5.38 Å². The van der Waals surface area contributed by atoms with E-state index in [9.17, 15) is 0 Å². The average molecular weight is 242 g/mol. The van der Waals surface area contributed by atoms with Gasteiger partial charge in [-0.15, -0.1) is 11.6 Å². The third-order valence-corrected chi connectivity index (χ3v) is 2.76. The minimum Gasteiger partial charge on any atom is -0.368 e. The van der Waals surface area contributed by atoms with Crippen molar-refractivity contribution in [1.29, 1.82) is 0 Å². The van der Waals surface area contributed by atoms with Crippen molar-refractivity contribution in [1.82, 2.24) is 9.97 Å². The molecule has 1 aromatic heterocycles. The maximum atomic E-state index is 6.13. The fourth-order valence-corrected chi connectivity index (χ4v) is 1.71. The monoisotopic (exact) mass is 241 g/mol. The lowest BCUT2D eigenvalue weighted by molar-refractivity contribution is 0.749. The molecule has 0 aromatic carbocycles. The summed E-state index contributed by atoms with van der Waals surface area (Å²) in [6.07, 6.45) is 3.73. The van der Waals surface area contributed by atoms with E-state index in [-0.39, 0.29) is 5.38 Å². The molecular weight excluding hydrogens is 222 g/mol. The smallest absolute Gasteiger partial charge is 0.129 e. The van der Waals surface area contributed by atoms with E-state index in [1.807, 2.05) is 6.07 Å². The highest BCUT2D eigenvalue weighted by atomic mass is 35.5. The van der Waals surface area contributed by atoms with Crippen LogP contribution in [0.4, 0.5) is 5.82 Å². The molecule has 0 bridgehead atoms. The van der Waals surface area contributed by atoms with Crippen molar-refractivity contribution in [3.8, 4) is 0 Å². The first-order valence-electron chi connectivity index (χ1n) is 5.83. The number of nitrogens with one attached hydrogen (secondary N) is 1. The summed E-state index contributed by atoms with van der Waals surface area (Å²) in [5.74, 6) is 1.28. The number of aromatic nitrogens is 2. The van der Waals surface area contributed by atoms with Gasteiger partial charge >= 0.3 is 0 Å². The molecular formula is C12H20ClN3. The van der Waals surface area contributed by atoms with Crippen LogP contribution < -0.4 is 5.32 Å². The second-order valence-electron chi connectivity index (χ2n) is 4.25. The first-order valence-corrected chi connectivity index (χ1v) is 6.27. The van der Waals surface area contributed by atoms with Gasteiger partial charge in [0.25, 0.3) is 0 Å². The summed E-state index contributed by atoms with van der Waals surface area (Å²) >= 11 is 6.13. The zero-order valence-corrected chi connectivity index (χ0v) is 11.0. The predicted molar refractivity (Wildman–Crippen MR) is 69.2 cm³/mol. The van der Waals surface area contributed by atoms with E-state index in [0.717, 1.165) is 30.9 Å². The molecule has 16 heavy (non-hydrogen) atoms. The van der Waals surface area contributed by atoms with Crippen LogP contribution in [-0.2, 0) is 0 Å². The molecule has 90 valence electrons.